The van der Waals surface area contributed by atoms with Gasteiger partial charge in [-0.05, 0) is 94.6 Å². The Morgan fingerprint density at radius 3 is 2.27 bits per heavy atom. The van der Waals surface area contributed by atoms with E-state index in [-0.39, 0.29) is 0 Å². The predicted molar refractivity (Wildman–Crippen MR) is 115 cm³/mol. The average Bonchev–Trinajstić information content (AvgIpc) is 3.17. The van der Waals surface area contributed by atoms with Gasteiger partial charge in [0.05, 0.1) is 25.2 Å². The topological polar surface area (TPSA) is 28.5 Å². The summed E-state index contributed by atoms with van der Waals surface area (Å²) in [5, 5.41) is 7.61. The van der Waals surface area contributed by atoms with Crippen LogP contribution in [0.25, 0.3) is 0 Å². The highest BCUT2D eigenvalue weighted by atomic mass is 32.1. The molecule has 2 aliphatic carbocycles. The molecule has 26 heavy (non-hydrogen) atoms. The minimum Gasteiger partial charge on any atom is -0.357 e. The van der Waals surface area contributed by atoms with Crippen LogP contribution in [0.15, 0.2) is 18.2 Å². The molecule has 3 N–H and O–H groups in total. The van der Waals surface area contributed by atoms with Gasteiger partial charge in [-0.25, -0.2) is 0 Å². The quantitative estimate of drug-likeness (QED) is 0.662. The fourth-order valence-corrected chi connectivity index (χ4v) is 5.08. The molecule has 0 bridgehead atoms. The molecule has 0 radical (unpaired) electrons. The molecule has 0 aromatic heterocycles. The van der Waals surface area contributed by atoms with Crippen molar-refractivity contribution in [3.63, 3.8) is 0 Å². The summed E-state index contributed by atoms with van der Waals surface area (Å²) in [6.07, 6.45) is 12.9. The van der Waals surface area contributed by atoms with Crippen molar-refractivity contribution in [2.75, 3.05) is 18.4 Å². The molecule has 4 heteroatoms. The zero-order valence-electron chi connectivity index (χ0n) is 16.6. The van der Waals surface area contributed by atoms with Crippen molar-refractivity contribution >= 4 is 23.0 Å². The largest absolute Gasteiger partial charge is 0.357 e. The summed E-state index contributed by atoms with van der Waals surface area (Å²) in [5.74, 6) is 0. The average molecular weight is 375 g/mol. The molecule has 3 nitrogen and oxygen atoms in total. The van der Waals surface area contributed by atoms with Crippen molar-refractivity contribution in [1.82, 2.24) is 5.32 Å². The standard InChI is InChI=1S/C22H35N3S/c1-17-12-13-18(2)21(16-17)24-22(26)23-14-15-25(20-10-6-7-11-20)19-8-4-3-5-9-19/h12-13,16,19-20H,3-11,14-15H2,1-2H3,(H2,23,24,26)/p+1. The molecule has 1 atom stereocenters. The number of aryl methyl sites for hydroxylation is 2. The van der Waals surface area contributed by atoms with E-state index in [1.807, 2.05) is 4.90 Å². The van der Waals surface area contributed by atoms with Gasteiger partial charge < -0.3 is 15.5 Å². The number of hydrogen-bond donors (Lipinski definition) is 3. The fourth-order valence-electron chi connectivity index (χ4n) is 4.87. The summed E-state index contributed by atoms with van der Waals surface area (Å²) in [7, 11) is 0. The maximum atomic E-state index is 5.55. The number of nitrogens with one attached hydrogen (secondary N) is 3. The van der Waals surface area contributed by atoms with Crippen LogP contribution < -0.4 is 15.5 Å². The number of hydrogen-bond acceptors (Lipinski definition) is 1. The molecular weight excluding hydrogens is 338 g/mol. The van der Waals surface area contributed by atoms with Crippen LogP contribution in [0.5, 0.6) is 0 Å². The van der Waals surface area contributed by atoms with E-state index in [0.29, 0.717) is 0 Å². The Morgan fingerprint density at radius 1 is 1.00 bits per heavy atom. The van der Waals surface area contributed by atoms with Gasteiger partial charge in [-0.15, -0.1) is 0 Å². The summed E-state index contributed by atoms with van der Waals surface area (Å²) in [6.45, 7) is 6.41. The Labute approximate surface area is 164 Å². The summed E-state index contributed by atoms with van der Waals surface area (Å²) in [6, 6.07) is 8.23. The molecule has 2 aliphatic rings. The second kappa shape index (κ2) is 9.70. The van der Waals surface area contributed by atoms with Crippen molar-refractivity contribution in [2.24, 2.45) is 0 Å². The van der Waals surface area contributed by atoms with E-state index in [4.69, 9.17) is 12.2 Å². The van der Waals surface area contributed by atoms with Crippen LogP contribution in [-0.4, -0.2) is 30.3 Å². The lowest BCUT2D eigenvalue weighted by Crippen LogP contribution is -3.19. The third-order valence-corrected chi connectivity index (χ3v) is 6.60. The Kier molecular flexibility index (Phi) is 7.32. The normalized spacial score (nSPS) is 20.1. The predicted octanol–water partition coefficient (Wildman–Crippen LogP) is 3.75. The van der Waals surface area contributed by atoms with Gasteiger partial charge in [-0.2, -0.15) is 0 Å². The van der Waals surface area contributed by atoms with E-state index < -0.39 is 0 Å². The van der Waals surface area contributed by atoms with E-state index in [1.165, 1.54) is 75.5 Å². The Morgan fingerprint density at radius 2 is 1.62 bits per heavy atom. The van der Waals surface area contributed by atoms with Crippen molar-refractivity contribution in [3.8, 4) is 0 Å². The second-order valence-electron chi connectivity index (χ2n) is 8.34. The van der Waals surface area contributed by atoms with Gasteiger partial charge in [0, 0.05) is 5.69 Å². The summed E-state index contributed by atoms with van der Waals surface area (Å²) < 4.78 is 0. The molecule has 2 fully saturated rings. The SMILES string of the molecule is Cc1ccc(C)c(NC(=S)NCC[NH+](C2CCCCC2)C2CCCC2)c1. The second-order valence-corrected chi connectivity index (χ2v) is 8.75. The molecule has 1 aromatic rings. The lowest BCUT2D eigenvalue weighted by atomic mass is 9.93. The molecule has 3 rings (SSSR count). The molecule has 0 amide bonds. The highest BCUT2D eigenvalue weighted by Crippen LogP contribution is 2.20. The van der Waals surface area contributed by atoms with Gasteiger partial charge in [0.25, 0.3) is 0 Å². The van der Waals surface area contributed by atoms with Crippen LogP contribution in [0.2, 0.25) is 0 Å². The van der Waals surface area contributed by atoms with Gasteiger partial charge in [-0.1, -0.05) is 18.6 Å². The molecule has 0 saturated heterocycles. The first-order valence-corrected chi connectivity index (χ1v) is 11.0. The monoisotopic (exact) mass is 374 g/mol. The van der Waals surface area contributed by atoms with Crippen molar-refractivity contribution in [3.05, 3.63) is 29.3 Å². The number of quaternary nitrogens is 1. The fraction of sp³-hybridized carbons (Fsp3) is 0.682. The highest BCUT2D eigenvalue weighted by Gasteiger charge is 2.32. The first-order chi connectivity index (χ1) is 12.6. The van der Waals surface area contributed by atoms with E-state index >= 15 is 0 Å². The van der Waals surface area contributed by atoms with Crippen molar-refractivity contribution < 1.29 is 4.90 Å². The first-order valence-electron chi connectivity index (χ1n) is 10.6. The summed E-state index contributed by atoms with van der Waals surface area (Å²) in [4.78, 5) is 1.87. The minimum atomic E-state index is 0.758. The van der Waals surface area contributed by atoms with Crippen molar-refractivity contribution in [2.45, 2.75) is 83.7 Å². The van der Waals surface area contributed by atoms with Crippen LogP contribution in [0.4, 0.5) is 5.69 Å². The molecule has 0 aliphatic heterocycles. The van der Waals surface area contributed by atoms with Gasteiger partial charge >= 0.3 is 0 Å². The molecule has 1 aromatic carbocycles. The lowest BCUT2D eigenvalue weighted by molar-refractivity contribution is -0.949. The Balaban J connectivity index is 1.50. The number of anilines is 1. The van der Waals surface area contributed by atoms with Gasteiger partial charge in [0.15, 0.2) is 5.11 Å². The van der Waals surface area contributed by atoms with E-state index in [1.54, 1.807) is 0 Å². The summed E-state index contributed by atoms with van der Waals surface area (Å²) in [5.41, 5.74) is 3.62. The third-order valence-electron chi connectivity index (χ3n) is 6.35. The van der Waals surface area contributed by atoms with Gasteiger partial charge in [0.1, 0.15) is 0 Å². The molecular formula is C22H36N3S+. The number of rotatable bonds is 6. The van der Waals surface area contributed by atoms with E-state index in [2.05, 4.69) is 42.7 Å². The van der Waals surface area contributed by atoms with E-state index in [0.717, 1.165) is 29.4 Å². The highest BCUT2D eigenvalue weighted by molar-refractivity contribution is 7.80. The van der Waals surface area contributed by atoms with Gasteiger partial charge in [-0.3, -0.25) is 0 Å². The third kappa shape index (κ3) is 5.43. The molecule has 1 unspecified atom stereocenters. The first kappa shape index (κ1) is 19.6. The smallest absolute Gasteiger partial charge is 0.170 e. The summed E-state index contributed by atoms with van der Waals surface area (Å²) >= 11 is 5.55. The Hall–Kier alpha value is -1.13. The molecule has 0 heterocycles. The van der Waals surface area contributed by atoms with Crippen LogP contribution in [-0.2, 0) is 0 Å². The zero-order valence-corrected chi connectivity index (χ0v) is 17.4. The Bertz CT molecular complexity index is 589. The maximum absolute atomic E-state index is 5.55. The van der Waals surface area contributed by atoms with Crippen molar-refractivity contribution in [1.29, 1.82) is 0 Å². The molecule has 0 spiro atoms. The van der Waals surface area contributed by atoms with Crippen LogP contribution in [0.3, 0.4) is 0 Å². The van der Waals surface area contributed by atoms with Crippen LogP contribution >= 0.6 is 12.2 Å². The van der Waals surface area contributed by atoms with Crippen LogP contribution in [0, 0.1) is 13.8 Å². The minimum absolute atomic E-state index is 0.758. The number of thiocarbonyl (C=S) groups is 1. The van der Waals surface area contributed by atoms with Gasteiger partial charge in [0.2, 0.25) is 0 Å². The zero-order chi connectivity index (χ0) is 18.4. The van der Waals surface area contributed by atoms with E-state index in [9.17, 15) is 0 Å². The maximum Gasteiger partial charge on any atom is 0.170 e. The van der Waals surface area contributed by atoms with Crippen LogP contribution in [0.1, 0.15) is 68.9 Å². The number of benzene rings is 1. The lowest BCUT2D eigenvalue weighted by Gasteiger charge is -2.35. The molecule has 144 valence electrons. The molecule has 2 saturated carbocycles.